The van der Waals surface area contributed by atoms with Gasteiger partial charge < -0.3 is 9.84 Å². The van der Waals surface area contributed by atoms with Crippen molar-refractivity contribution in [1.82, 2.24) is 0 Å². The van der Waals surface area contributed by atoms with Gasteiger partial charge in [0.05, 0.1) is 0 Å². The third kappa shape index (κ3) is 18.9. The Kier molecular flexibility index (Phi) is 15.6. The highest BCUT2D eigenvalue weighted by Crippen LogP contribution is 1.98. The zero-order valence-corrected chi connectivity index (χ0v) is 10.9. The van der Waals surface area contributed by atoms with E-state index >= 15 is 0 Å². The fraction of sp³-hybridized carbons (Fsp3) is 0.769. The minimum atomic E-state index is -0.935. The van der Waals surface area contributed by atoms with Crippen LogP contribution >= 0.6 is 0 Å². The molecule has 0 aliphatic rings. The van der Waals surface area contributed by atoms with Crippen molar-refractivity contribution in [1.29, 1.82) is 0 Å². The van der Waals surface area contributed by atoms with Crippen LogP contribution in [0.15, 0.2) is 12.2 Å². The molecule has 0 fully saturated rings. The van der Waals surface area contributed by atoms with E-state index in [1.807, 2.05) is 0 Å². The summed E-state index contributed by atoms with van der Waals surface area (Å²) < 4.78 is 5.33. The first-order valence-electron chi connectivity index (χ1n) is 6.02. The molecule has 0 atom stereocenters. The van der Waals surface area contributed by atoms with Gasteiger partial charge >= 0.3 is 5.97 Å². The molecule has 3 nitrogen and oxygen atoms in total. The molecule has 16 heavy (non-hydrogen) atoms. The first kappa shape index (κ1) is 17.6. The van der Waals surface area contributed by atoms with E-state index in [-0.39, 0.29) is 5.57 Å². The van der Waals surface area contributed by atoms with Gasteiger partial charge in [0, 0.05) is 18.8 Å². The molecule has 0 spiro atoms. The van der Waals surface area contributed by atoms with E-state index in [9.17, 15) is 4.79 Å². The van der Waals surface area contributed by atoms with Crippen molar-refractivity contribution < 1.29 is 14.6 Å². The van der Waals surface area contributed by atoms with Crippen LogP contribution in [0.2, 0.25) is 0 Å². The lowest BCUT2D eigenvalue weighted by atomic mass is 10.2. The number of carboxylic acids is 1. The Labute approximate surface area is 99.5 Å². The largest absolute Gasteiger partial charge is 0.478 e. The normalized spacial score (nSPS) is 9.19. The highest BCUT2D eigenvalue weighted by atomic mass is 16.5. The Hall–Kier alpha value is -0.830. The third-order valence-electron chi connectivity index (χ3n) is 1.86. The van der Waals surface area contributed by atoms with Gasteiger partial charge in [-0.2, -0.15) is 0 Å². The number of hydrogen-bond donors (Lipinski definition) is 1. The number of unbranched alkanes of at least 4 members (excludes halogenated alkanes) is 3. The Morgan fingerprint density at radius 3 is 2.06 bits per heavy atom. The fourth-order valence-corrected chi connectivity index (χ4v) is 0.877. The zero-order valence-electron chi connectivity index (χ0n) is 10.9. The van der Waals surface area contributed by atoms with Gasteiger partial charge in [-0.1, -0.05) is 39.7 Å². The summed E-state index contributed by atoms with van der Waals surface area (Å²) in [6, 6.07) is 0. The SMILES string of the molecule is C=C(C)C(=O)O.CCCCCCOCCC. The molecule has 0 amide bonds. The van der Waals surface area contributed by atoms with E-state index in [0.29, 0.717) is 0 Å². The molecule has 1 N–H and O–H groups in total. The highest BCUT2D eigenvalue weighted by Gasteiger charge is 1.90. The maximum absolute atomic E-state index is 9.60. The summed E-state index contributed by atoms with van der Waals surface area (Å²) in [5.41, 5.74) is 0.176. The lowest BCUT2D eigenvalue weighted by molar-refractivity contribution is -0.132. The van der Waals surface area contributed by atoms with E-state index in [0.717, 1.165) is 19.6 Å². The minimum absolute atomic E-state index is 0.176. The van der Waals surface area contributed by atoms with Crippen LogP contribution in [0.4, 0.5) is 0 Å². The number of carbonyl (C=O) groups is 1. The maximum atomic E-state index is 9.60. The molecule has 0 heterocycles. The van der Waals surface area contributed by atoms with Crippen LogP contribution in [-0.2, 0) is 9.53 Å². The topological polar surface area (TPSA) is 46.5 Å². The number of ether oxygens (including phenoxy) is 1. The predicted octanol–water partition coefficient (Wildman–Crippen LogP) is 3.64. The van der Waals surface area contributed by atoms with E-state index in [4.69, 9.17) is 9.84 Å². The highest BCUT2D eigenvalue weighted by molar-refractivity contribution is 5.84. The van der Waals surface area contributed by atoms with Crippen molar-refractivity contribution in [2.24, 2.45) is 0 Å². The van der Waals surface area contributed by atoms with Gasteiger partial charge in [0.2, 0.25) is 0 Å². The van der Waals surface area contributed by atoms with Crippen molar-refractivity contribution in [3.63, 3.8) is 0 Å². The molecule has 0 saturated heterocycles. The van der Waals surface area contributed by atoms with E-state index in [1.54, 1.807) is 0 Å². The summed E-state index contributed by atoms with van der Waals surface area (Å²) in [4.78, 5) is 9.60. The summed E-state index contributed by atoms with van der Waals surface area (Å²) in [6.45, 7) is 10.9. The molecule has 0 aliphatic heterocycles. The zero-order chi connectivity index (χ0) is 12.8. The second-order valence-electron chi connectivity index (χ2n) is 3.76. The van der Waals surface area contributed by atoms with Crippen LogP contribution in [0.5, 0.6) is 0 Å². The molecule has 0 bridgehead atoms. The van der Waals surface area contributed by atoms with Crippen molar-refractivity contribution in [2.45, 2.75) is 52.9 Å². The van der Waals surface area contributed by atoms with Crippen molar-refractivity contribution >= 4 is 5.97 Å². The molecule has 0 saturated carbocycles. The molecule has 96 valence electrons. The van der Waals surface area contributed by atoms with Crippen LogP contribution < -0.4 is 0 Å². The summed E-state index contributed by atoms with van der Waals surface area (Å²) in [5, 5.41) is 7.89. The molecule has 0 aromatic heterocycles. The second kappa shape index (κ2) is 14.2. The Morgan fingerprint density at radius 1 is 1.12 bits per heavy atom. The number of hydrogen-bond acceptors (Lipinski definition) is 2. The summed E-state index contributed by atoms with van der Waals surface area (Å²) in [6.07, 6.45) is 6.39. The molecule has 0 radical (unpaired) electrons. The predicted molar refractivity (Wildman–Crippen MR) is 67.7 cm³/mol. The van der Waals surface area contributed by atoms with E-state index in [1.165, 1.54) is 32.6 Å². The average molecular weight is 230 g/mol. The molecule has 0 rings (SSSR count). The number of aliphatic carboxylic acids is 1. The summed E-state index contributed by atoms with van der Waals surface area (Å²) in [7, 11) is 0. The number of rotatable bonds is 8. The second-order valence-corrected chi connectivity index (χ2v) is 3.76. The standard InChI is InChI=1S/C9H20O.C4H6O2/c1-3-5-6-7-9-10-8-4-2;1-3(2)4(5)6/h3-9H2,1-2H3;1H2,2H3,(H,5,6). The van der Waals surface area contributed by atoms with Crippen molar-refractivity contribution in [3.8, 4) is 0 Å². The molecule has 0 aromatic carbocycles. The van der Waals surface area contributed by atoms with Crippen LogP contribution in [0, 0.1) is 0 Å². The van der Waals surface area contributed by atoms with Crippen molar-refractivity contribution in [2.75, 3.05) is 13.2 Å². The first-order chi connectivity index (χ1) is 7.56. The van der Waals surface area contributed by atoms with Crippen LogP contribution in [0.25, 0.3) is 0 Å². The van der Waals surface area contributed by atoms with Crippen molar-refractivity contribution in [3.05, 3.63) is 12.2 Å². The lowest BCUT2D eigenvalue weighted by Gasteiger charge is -2.00. The Morgan fingerprint density at radius 2 is 1.69 bits per heavy atom. The first-order valence-corrected chi connectivity index (χ1v) is 6.02. The fourth-order valence-electron chi connectivity index (χ4n) is 0.877. The van der Waals surface area contributed by atoms with Gasteiger partial charge in [0.1, 0.15) is 0 Å². The third-order valence-corrected chi connectivity index (χ3v) is 1.86. The monoisotopic (exact) mass is 230 g/mol. The van der Waals surface area contributed by atoms with Gasteiger partial charge in [-0.25, -0.2) is 4.79 Å². The van der Waals surface area contributed by atoms with Gasteiger partial charge in [-0.15, -0.1) is 0 Å². The minimum Gasteiger partial charge on any atom is -0.478 e. The summed E-state index contributed by atoms with van der Waals surface area (Å²) >= 11 is 0. The van der Waals surface area contributed by atoms with Gasteiger partial charge in [0.25, 0.3) is 0 Å². The van der Waals surface area contributed by atoms with E-state index in [2.05, 4.69) is 20.4 Å². The van der Waals surface area contributed by atoms with Gasteiger partial charge in [-0.3, -0.25) is 0 Å². The van der Waals surface area contributed by atoms with Crippen LogP contribution in [0.1, 0.15) is 52.9 Å². The molecule has 0 unspecified atom stereocenters. The molecule has 0 aromatic rings. The Bertz CT molecular complexity index is 156. The quantitative estimate of drug-likeness (QED) is 0.511. The summed E-state index contributed by atoms with van der Waals surface area (Å²) in [5.74, 6) is -0.935. The van der Waals surface area contributed by atoms with Crippen LogP contribution in [0.3, 0.4) is 0 Å². The lowest BCUT2D eigenvalue weighted by Crippen LogP contribution is -1.94. The smallest absolute Gasteiger partial charge is 0.330 e. The molecular weight excluding hydrogens is 204 g/mol. The molecular formula is C13H26O3. The van der Waals surface area contributed by atoms with Gasteiger partial charge in [-0.05, 0) is 19.8 Å². The Balaban J connectivity index is 0. The van der Waals surface area contributed by atoms with Gasteiger partial charge in [0.15, 0.2) is 0 Å². The molecule has 3 heteroatoms. The average Bonchev–Trinajstić information content (AvgIpc) is 2.24. The molecule has 0 aliphatic carbocycles. The van der Waals surface area contributed by atoms with Crippen LogP contribution in [-0.4, -0.2) is 24.3 Å². The van der Waals surface area contributed by atoms with E-state index < -0.39 is 5.97 Å². The number of carboxylic acid groups (broad SMARTS) is 1. The maximum Gasteiger partial charge on any atom is 0.330 e.